The molecule has 0 radical (unpaired) electrons. The van der Waals surface area contributed by atoms with Crippen LogP contribution in [0.2, 0.25) is 0 Å². The van der Waals surface area contributed by atoms with Gasteiger partial charge in [0.1, 0.15) is 5.16 Å². The molecule has 0 aliphatic heterocycles. The van der Waals surface area contributed by atoms with Crippen molar-refractivity contribution in [1.29, 1.82) is 0 Å². The van der Waals surface area contributed by atoms with Gasteiger partial charge < -0.3 is 18.6 Å². The van der Waals surface area contributed by atoms with Crippen LogP contribution in [0.15, 0.2) is 35.4 Å². The van der Waals surface area contributed by atoms with Gasteiger partial charge in [-0.05, 0) is 30.5 Å². The number of para-hydroxylation sites is 1. The minimum atomic E-state index is -3.21. The Morgan fingerprint density at radius 1 is 1.12 bits per heavy atom. The van der Waals surface area contributed by atoms with E-state index >= 15 is 0 Å². The van der Waals surface area contributed by atoms with Crippen LogP contribution in [0.4, 0.5) is 5.69 Å². The van der Waals surface area contributed by atoms with Crippen molar-refractivity contribution in [3.05, 3.63) is 40.8 Å². The fraction of sp³-hybridized carbons (Fsp3) is 0.647. The Hall–Kier alpha value is -1.57. The maximum absolute atomic E-state index is 9.17. The number of nitrogens with zero attached hydrogens (tertiary/aromatic N) is 3. The fourth-order valence-electron chi connectivity index (χ4n) is 3.45. The van der Waals surface area contributed by atoms with Gasteiger partial charge in [-0.3, -0.25) is 0 Å². The SMILES string of the molecule is CCCC(N=[N+]=[N-])C(CCC)(Nc1ccccc1)[Si](OC)(OC)OC. The zero-order valence-corrected chi connectivity index (χ0v) is 16.9. The summed E-state index contributed by atoms with van der Waals surface area (Å²) < 4.78 is 17.5. The summed E-state index contributed by atoms with van der Waals surface area (Å²) in [4.78, 5) is 3.10. The van der Waals surface area contributed by atoms with Gasteiger partial charge in [-0.2, -0.15) is 0 Å². The second-order valence-corrected chi connectivity index (χ2v) is 9.12. The van der Waals surface area contributed by atoms with Gasteiger partial charge in [-0.25, -0.2) is 0 Å². The highest BCUT2D eigenvalue weighted by Gasteiger charge is 2.63. The molecule has 2 unspecified atom stereocenters. The number of anilines is 1. The second-order valence-electron chi connectivity index (χ2n) is 5.89. The molecule has 0 saturated carbocycles. The molecular weight excluding hydrogens is 336 g/mol. The number of azide groups is 1. The highest BCUT2D eigenvalue weighted by Crippen LogP contribution is 2.38. The molecule has 25 heavy (non-hydrogen) atoms. The zero-order chi connectivity index (χ0) is 18.8. The Balaban J connectivity index is 3.59. The van der Waals surface area contributed by atoms with Gasteiger partial charge in [0.05, 0.1) is 6.04 Å². The lowest BCUT2D eigenvalue weighted by atomic mass is 9.98. The summed E-state index contributed by atoms with van der Waals surface area (Å²) in [7, 11) is 1.56. The first kappa shape index (κ1) is 21.5. The summed E-state index contributed by atoms with van der Waals surface area (Å²) >= 11 is 0. The van der Waals surface area contributed by atoms with E-state index in [9.17, 15) is 0 Å². The first-order valence-electron chi connectivity index (χ1n) is 8.62. The molecule has 0 spiro atoms. The van der Waals surface area contributed by atoms with Crippen LogP contribution in [-0.4, -0.2) is 41.3 Å². The molecule has 7 nitrogen and oxygen atoms in total. The molecule has 1 aromatic carbocycles. The molecule has 2 atom stereocenters. The standard InChI is InChI=1S/C17H30N4O3Si/c1-6-11-16(20-21-18)17(14-7-2,25(22-3,23-4)24-5)19-15-12-9-8-10-13-15/h8-10,12-13,16,19H,6-7,11,14H2,1-5H3. The van der Waals surface area contributed by atoms with Crippen molar-refractivity contribution < 1.29 is 13.3 Å². The van der Waals surface area contributed by atoms with E-state index in [0.29, 0.717) is 12.8 Å². The van der Waals surface area contributed by atoms with Crippen LogP contribution >= 0.6 is 0 Å². The Labute approximate surface area is 151 Å². The first-order valence-corrected chi connectivity index (χ1v) is 10.3. The molecular formula is C17H30N4O3Si. The van der Waals surface area contributed by atoms with Crippen LogP contribution < -0.4 is 5.32 Å². The number of rotatable bonds is 12. The van der Waals surface area contributed by atoms with Gasteiger partial charge in [0.2, 0.25) is 0 Å². The van der Waals surface area contributed by atoms with Gasteiger partial charge in [-0.1, -0.05) is 50.0 Å². The van der Waals surface area contributed by atoms with E-state index in [0.717, 1.165) is 18.5 Å². The topological polar surface area (TPSA) is 88.5 Å². The van der Waals surface area contributed by atoms with E-state index in [-0.39, 0.29) is 6.04 Å². The number of nitrogens with one attached hydrogen (secondary N) is 1. The van der Waals surface area contributed by atoms with Crippen LogP contribution in [-0.2, 0) is 13.3 Å². The lowest BCUT2D eigenvalue weighted by Gasteiger charge is -2.48. The Morgan fingerprint density at radius 2 is 1.72 bits per heavy atom. The second kappa shape index (κ2) is 10.4. The van der Waals surface area contributed by atoms with Crippen molar-refractivity contribution in [2.75, 3.05) is 26.6 Å². The smallest absolute Gasteiger partial charge is 0.375 e. The van der Waals surface area contributed by atoms with Crippen molar-refractivity contribution in [2.45, 2.75) is 50.7 Å². The molecule has 140 valence electrons. The molecule has 0 aliphatic rings. The lowest BCUT2D eigenvalue weighted by molar-refractivity contribution is 0.0859. The van der Waals surface area contributed by atoms with Crippen molar-refractivity contribution in [2.24, 2.45) is 5.11 Å². The molecule has 0 bridgehead atoms. The van der Waals surface area contributed by atoms with Crippen LogP contribution in [0, 0.1) is 0 Å². The molecule has 1 N–H and O–H groups in total. The Bertz CT molecular complexity index is 542. The summed E-state index contributed by atoms with van der Waals surface area (Å²) in [6.45, 7) is 4.15. The highest BCUT2D eigenvalue weighted by atomic mass is 28.4. The number of hydrogen-bond acceptors (Lipinski definition) is 5. The van der Waals surface area contributed by atoms with E-state index in [1.54, 1.807) is 21.3 Å². The average Bonchev–Trinajstić information content (AvgIpc) is 2.64. The Morgan fingerprint density at radius 3 is 2.16 bits per heavy atom. The predicted molar refractivity (Wildman–Crippen MR) is 102 cm³/mol. The van der Waals surface area contributed by atoms with E-state index in [4.69, 9.17) is 18.8 Å². The van der Waals surface area contributed by atoms with Crippen molar-refractivity contribution in [3.8, 4) is 0 Å². The van der Waals surface area contributed by atoms with Crippen LogP contribution in [0.25, 0.3) is 10.4 Å². The van der Waals surface area contributed by atoms with Gasteiger partial charge in [0.15, 0.2) is 0 Å². The quantitative estimate of drug-likeness (QED) is 0.255. The van der Waals surface area contributed by atoms with Gasteiger partial charge >= 0.3 is 8.80 Å². The summed E-state index contributed by atoms with van der Waals surface area (Å²) in [5.74, 6) is 0. The van der Waals surface area contributed by atoms with Gasteiger partial charge in [0.25, 0.3) is 0 Å². The summed E-state index contributed by atoms with van der Waals surface area (Å²) in [6.07, 6.45) is 3.11. The summed E-state index contributed by atoms with van der Waals surface area (Å²) in [5, 5.41) is 6.94. The van der Waals surface area contributed by atoms with Crippen molar-refractivity contribution in [3.63, 3.8) is 0 Å². The molecule has 0 aliphatic carbocycles. The van der Waals surface area contributed by atoms with Gasteiger partial charge in [-0.15, -0.1) is 0 Å². The Kier molecular flexibility index (Phi) is 8.95. The third-order valence-electron chi connectivity index (χ3n) is 4.46. The molecule has 0 aromatic heterocycles. The summed E-state index contributed by atoms with van der Waals surface area (Å²) in [5.41, 5.74) is 10.1. The van der Waals surface area contributed by atoms with Crippen LogP contribution in [0.5, 0.6) is 0 Å². The molecule has 0 fully saturated rings. The normalized spacial score (nSPS) is 15.1. The molecule has 0 heterocycles. The van der Waals surface area contributed by atoms with Crippen molar-refractivity contribution in [1.82, 2.24) is 0 Å². The zero-order valence-electron chi connectivity index (χ0n) is 15.9. The third-order valence-corrected chi connectivity index (χ3v) is 7.87. The maximum atomic E-state index is 9.17. The van der Waals surface area contributed by atoms with Gasteiger partial charge in [0, 0.05) is 31.9 Å². The largest absolute Gasteiger partial charge is 0.527 e. The average molecular weight is 367 g/mol. The molecule has 8 heteroatoms. The number of benzene rings is 1. The van der Waals surface area contributed by atoms with Crippen LogP contribution in [0.1, 0.15) is 39.5 Å². The number of hydrogen-bond donors (Lipinski definition) is 1. The summed E-state index contributed by atoms with van der Waals surface area (Å²) in [6, 6.07) is 9.45. The lowest BCUT2D eigenvalue weighted by Crippen LogP contribution is -2.72. The van der Waals surface area contributed by atoms with E-state index < -0.39 is 14.0 Å². The van der Waals surface area contributed by atoms with E-state index in [1.165, 1.54) is 0 Å². The molecule has 1 aromatic rings. The monoisotopic (exact) mass is 366 g/mol. The van der Waals surface area contributed by atoms with Crippen molar-refractivity contribution >= 4 is 14.5 Å². The van der Waals surface area contributed by atoms with E-state index in [1.807, 2.05) is 30.3 Å². The molecule has 0 amide bonds. The first-order chi connectivity index (χ1) is 12.1. The minimum Gasteiger partial charge on any atom is -0.375 e. The van der Waals surface area contributed by atoms with E-state index in [2.05, 4.69) is 29.2 Å². The highest BCUT2D eigenvalue weighted by molar-refractivity contribution is 6.65. The minimum absolute atomic E-state index is 0.367. The van der Waals surface area contributed by atoms with Crippen LogP contribution in [0.3, 0.4) is 0 Å². The molecule has 0 saturated heterocycles. The third kappa shape index (κ3) is 4.53. The maximum Gasteiger partial charge on any atom is 0.527 e. The fourth-order valence-corrected chi connectivity index (χ4v) is 6.51. The predicted octanol–water partition coefficient (Wildman–Crippen LogP) is 4.53. The molecule has 1 rings (SSSR count).